The van der Waals surface area contributed by atoms with Gasteiger partial charge in [-0.1, -0.05) is 41.9 Å². The second-order valence-corrected chi connectivity index (χ2v) is 4.95. The molecule has 0 spiro atoms. The van der Waals surface area contributed by atoms with Crippen molar-refractivity contribution in [2.75, 3.05) is 13.1 Å². The van der Waals surface area contributed by atoms with E-state index in [-0.39, 0.29) is 0 Å². The van der Waals surface area contributed by atoms with Crippen LogP contribution in [0, 0.1) is 0 Å². The third kappa shape index (κ3) is 3.80. The van der Waals surface area contributed by atoms with Crippen LogP contribution in [0.5, 0.6) is 0 Å². The zero-order valence-corrected chi connectivity index (χ0v) is 11.8. The van der Waals surface area contributed by atoms with Gasteiger partial charge in [-0.2, -0.15) is 5.10 Å². The van der Waals surface area contributed by atoms with Gasteiger partial charge in [-0.25, -0.2) is 0 Å². The average molecular weight is 279 g/mol. The van der Waals surface area contributed by atoms with Crippen LogP contribution in [0.25, 0.3) is 0 Å². The minimum Gasteiger partial charge on any atom is -0.329 e. The van der Waals surface area contributed by atoms with Crippen LogP contribution in [-0.2, 0) is 20.1 Å². The van der Waals surface area contributed by atoms with E-state index in [1.807, 2.05) is 29.9 Å². The maximum atomic E-state index is 6.15. The first-order valence-corrected chi connectivity index (χ1v) is 6.71. The van der Waals surface area contributed by atoms with Crippen molar-refractivity contribution in [3.8, 4) is 0 Å². The quantitative estimate of drug-likeness (QED) is 0.880. The number of halogens is 1. The molecule has 0 radical (unpaired) electrons. The fraction of sp³-hybridized carbons (Fsp3) is 0.357. The molecule has 0 unspecified atom stereocenters. The van der Waals surface area contributed by atoms with Gasteiger partial charge in [0.1, 0.15) is 0 Å². The normalized spacial score (nSPS) is 11.2. The number of rotatable bonds is 6. The van der Waals surface area contributed by atoms with Gasteiger partial charge in [0.05, 0.1) is 16.9 Å². The highest BCUT2D eigenvalue weighted by atomic mass is 35.5. The van der Waals surface area contributed by atoms with Gasteiger partial charge in [0.2, 0.25) is 0 Å². The summed E-state index contributed by atoms with van der Waals surface area (Å²) >= 11 is 6.15. The molecule has 2 aromatic rings. The maximum Gasteiger partial charge on any atom is 0.0831 e. The van der Waals surface area contributed by atoms with Gasteiger partial charge >= 0.3 is 0 Å². The zero-order valence-electron chi connectivity index (χ0n) is 11.1. The molecule has 0 aliphatic heterocycles. The van der Waals surface area contributed by atoms with Crippen LogP contribution >= 0.6 is 11.6 Å². The van der Waals surface area contributed by atoms with E-state index in [2.05, 4.69) is 22.1 Å². The summed E-state index contributed by atoms with van der Waals surface area (Å²) in [6.45, 7) is 3.07. The Morgan fingerprint density at radius 3 is 2.58 bits per heavy atom. The average Bonchev–Trinajstić information content (AvgIpc) is 2.72. The van der Waals surface area contributed by atoms with E-state index in [4.69, 9.17) is 17.3 Å². The molecule has 0 fully saturated rings. The van der Waals surface area contributed by atoms with Gasteiger partial charge in [0.25, 0.3) is 0 Å². The van der Waals surface area contributed by atoms with Gasteiger partial charge < -0.3 is 5.73 Å². The van der Waals surface area contributed by atoms with Crippen molar-refractivity contribution in [1.82, 2.24) is 14.7 Å². The second kappa shape index (κ2) is 6.70. The number of nitrogens with zero attached hydrogens (tertiary/aromatic N) is 3. The summed E-state index contributed by atoms with van der Waals surface area (Å²) in [6, 6.07) is 10.4. The Bertz CT molecular complexity index is 490. The van der Waals surface area contributed by atoms with Gasteiger partial charge in [0.15, 0.2) is 0 Å². The molecule has 1 aromatic carbocycles. The number of aromatic nitrogens is 2. The Balaban J connectivity index is 2.08. The molecule has 0 aliphatic carbocycles. The third-order valence-corrected chi connectivity index (χ3v) is 3.39. The minimum absolute atomic E-state index is 0.627. The number of aryl methyl sites for hydroxylation is 1. The van der Waals surface area contributed by atoms with Crippen molar-refractivity contribution in [2.24, 2.45) is 12.8 Å². The molecule has 0 saturated carbocycles. The van der Waals surface area contributed by atoms with Gasteiger partial charge in [-0.3, -0.25) is 9.58 Å². The molecule has 0 amide bonds. The Morgan fingerprint density at radius 1 is 1.26 bits per heavy atom. The zero-order chi connectivity index (χ0) is 13.7. The number of hydrogen-bond acceptors (Lipinski definition) is 3. The lowest BCUT2D eigenvalue weighted by Gasteiger charge is -2.22. The largest absolute Gasteiger partial charge is 0.329 e. The SMILES string of the molecule is Cn1ncc(Cl)c1CN(CCN)Cc1ccccc1. The third-order valence-electron chi connectivity index (χ3n) is 3.08. The van der Waals surface area contributed by atoms with Gasteiger partial charge in [0, 0.05) is 33.2 Å². The van der Waals surface area contributed by atoms with Crippen LogP contribution in [0.15, 0.2) is 36.5 Å². The lowest BCUT2D eigenvalue weighted by Crippen LogP contribution is -2.29. The number of hydrogen-bond donors (Lipinski definition) is 1. The first kappa shape index (κ1) is 14.1. The summed E-state index contributed by atoms with van der Waals surface area (Å²) in [7, 11) is 1.91. The first-order chi connectivity index (χ1) is 9.20. The van der Waals surface area contributed by atoms with Gasteiger partial charge in [-0.05, 0) is 5.56 Å². The Morgan fingerprint density at radius 2 is 2.00 bits per heavy atom. The molecule has 1 heterocycles. The standard InChI is InChI=1S/C14H19ClN4/c1-18-14(13(15)9-17-18)11-19(8-7-16)10-12-5-3-2-4-6-12/h2-6,9H,7-8,10-11,16H2,1H3. The summed E-state index contributed by atoms with van der Waals surface area (Å²) in [5.74, 6) is 0. The Hall–Kier alpha value is -1.36. The predicted octanol–water partition coefficient (Wildman–Crippen LogP) is 2.03. The van der Waals surface area contributed by atoms with Crippen molar-refractivity contribution in [3.05, 3.63) is 52.8 Å². The highest BCUT2D eigenvalue weighted by Crippen LogP contribution is 2.17. The Kier molecular flexibility index (Phi) is 4.96. The predicted molar refractivity (Wildman–Crippen MR) is 77.8 cm³/mol. The van der Waals surface area contributed by atoms with Crippen LogP contribution in [0.1, 0.15) is 11.3 Å². The van der Waals surface area contributed by atoms with E-state index in [0.29, 0.717) is 11.6 Å². The van der Waals surface area contributed by atoms with Crippen molar-refractivity contribution in [3.63, 3.8) is 0 Å². The summed E-state index contributed by atoms with van der Waals surface area (Å²) in [6.07, 6.45) is 1.68. The molecule has 1 aromatic heterocycles. The molecule has 0 atom stereocenters. The molecule has 0 bridgehead atoms. The molecule has 4 nitrogen and oxygen atoms in total. The van der Waals surface area contributed by atoms with E-state index in [9.17, 15) is 0 Å². The summed E-state index contributed by atoms with van der Waals surface area (Å²) in [5, 5.41) is 4.87. The van der Waals surface area contributed by atoms with Crippen molar-refractivity contribution in [1.29, 1.82) is 0 Å². The molecule has 2 rings (SSSR count). The Labute approximate surface area is 118 Å². The maximum absolute atomic E-state index is 6.15. The van der Waals surface area contributed by atoms with Crippen molar-refractivity contribution < 1.29 is 0 Å². The van der Waals surface area contributed by atoms with E-state index < -0.39 is 0 Å². The van der Waals surface area contributed by atoms with E-state index in [1.54, 1.807) is 6.20 Å². The van der Waals surface area contributed by atoms with Crippen LogP contribution in [0.4, 0.5) is 0 Å². The highest BCUT2D eigenvalue weighted by molar-refractivity contribution is 6.31. The summed E-state index contributed by atoms with van der Waals surface area (Å²) in [4.78, 5) is 2.28. The lowest BCUT2D eigenvalue weighted by atomic mass is 10.2. The van der Waals surface area contributed by atoms with E-state index >= 15 is 0 Å². The number of nitrogens with two attached hydrogens (primary N) is 1. The fourth-order valence-corrected chi connectivity index (χ4v) is 2.29. The number of benzene rings is 1. The van der Waals surface area contributed by atoms with Crippen LogP contribution < -0.4 is 5.73 Å². The van der Waals surface area contributed by atoms with Gasteiger partial charge in [-0.15, -0.1) is 0 Å². The second-order valence-electron chi connectivity index (χ2n) is 4.55. The van der Waals surface area contributed by atoms with Crippen LogP contribution in [0.2, 0.25) is 5.02 Å². The monoisotopic (exact) mass is 278 g/mol. The van der Waals surface area contributed by atoms with Crippen molar-refractivity contribution >= 4 is 11.6 Å². The molecule has 2 N–H and O–H groups in total. The first-order valence-electron chi connectivity index (χ1n) is 6.33. The molecule has 102 valence electrons. The summed E-state index contributed by atoms with van der Waals surface area (Å²) < 4.78 is 1.82. The summed E-state index contributed by atoms with van der Waals surface area (Å²) in [5.41, 5.74) is 7.98. The fourth-order valence-electron chi connectivity index (χ4n) is 2.06. The van der Waals surface area contributed by atoms with E-state index in [0.717, 1.165) is 25.3 Å². The minimum atomic E-state index is 0.627. The smallest absolute Gasteiger partial charge is 0.0831 e. The molecule has 5 heteroatoms. The molecular formula is C14H19ClN4. The topological polar surface area (TPSA) is 47.1 Å². The molecule has 0 aliphatic rings. The molecular weight excluding hydrogens is 260 g/mol. The lowest BCUT2D eigenvalue weighted by molar-refractivity contribution is 0.257. The molecule has 0 saturated heterocycles. The molecule has 19 heavy (non-hydrogen) atoms. The van der Waals surface area contributed by atoms with Crippen LogP contribution in [-0.4, -0.2) is 27.8 Å². The highest BCUT2D eigenvalue weighted by Gasteiger charge is 2.12. The van der Waals surface area contributed by atoms with E-state index in [1.165, 1.54) is 5.56 Å². The van der Waals surface area contributed by atoms with Crippen LogP contribution in [0.3, 0.4) is 0 Å². The van der Waals surface area contributed by atoms with Crippen molar-refractivity contribution in [2.45, 2.75) is 13.1 Å².